The van der Waals surface area contributed by atoms with Crippen LogP contribution in [0.25, 0.3) is 10.9 Å². The molecule has 1 aliphatic heterocycles. The first-order valence-corrected chi connectivity index (χ1v) is 11.0. The van der Waals surface area contributed by atoms with Crippen LogP contribution in [0.15, 0.2) is 48.5 Å². The minimum Gasteiger partial charge on any atom is -0.497 e. The second kappa shape index (κ2) is 9.98. The number of ether oxygens (including phenoxy) is 1. The maximum atomic E-state index is 11.7. The molecule has 6 heteroatoms. The Balaban J connectivity index is 1.26. The SMILES string of the molecule is COc1ccc2c(CNCCC3CCN(Cc4ccccc4)CC3)c(C(=O)O)[nH]c2c1. The highest BCUT2D eigenvalue weighted by molar-refractivity contribution is 5.97. The number of carbonyl (C=O) groups is 1. The van der Waals surface area contributed by atoms with Crippen molar-refractivity contribution in [1.29, 1.82) is 0 Å². The molecular formula is C25H31N3O3. The Kier molecular flexibility index (Phi) is 6.89. The van der Waals surface area contributed by atoms with Gasteiger partial charge in [-0.1, -0.05) is 30.3 Å². The number of nitrogens with zero attached hydrogens (tertiary/aromatic N) is 1. The van der Waals surface area contributed by atoms with Crippen molar-refractivity contribution in [1.82, 2.24) is 15.2 Å². The predicted octanol–water partition coefficient (Wildman–Crippen LogP) is 4.27. The van der Waals surface area contributed by atoms with E-state index in [2.05, 4.69) is 45.5 Å². The fourth-order valence-corrected chi connectivity index (χ4v) is 4.52. The number of fused-ring (bicyclic) bond motifs is 1. The Morgan fingerprint density at radius 3 is 2.68 bits per heavy atom. The minimum absolute atomic E-state index is 0.255. The molecule has 4 rings (SSSR count). The third kappa shape index (κ3) is 5.27. The normalized spacial score (nSPS) is 15.4. The molecule has 0 aliphatic carbocycles. The van der Waals surface area contributed by atoms with Gasteiger partial charge in [0.25, 0.3) is 0 Å². The lowest BCUT2D eigenvalue weighted by molar-refractivity contribution is 0.0690. The maximum Gasteiger partial charge on any atom is 0.352 e. The van der Waals surface area contributed by atoms with Crippen LogP contribution in [-0.4, -0.2) is 47.7 Å². The van der Waals surface area contributed by atoms with E-state index in [1.807, 2.05) is 18.2 Å². The highest BCUT2D eigenvalue weighted by Gasteiger charge is 2.20. The zero-order chi connectivity index (χ0) is 21.6. The number of hydrogen-bond acceptors (Lipinski definition) is 4. The molecule has 164 valence electrons. The first kappa shape index (κ1) is 21.4. The van der Waals surface area contributed by atoms with Crippen molar-refractivity contribution in [2.75, 3.05) is 26.7 Å². The van der Waals surface area contributed by atoms with Gasteiger partial charge >= 0.3 is 5.97 Å². The molecule has 3 aromatic rings. The van der Waals surface area contributed by atoms with Gasteiger partial charge < -0.3 is 20.1 Å². The summed E-state index contributed by atoms with van der Waals surface area (Å²) in [5.41, 5.74) is 3.24. The number of aromatic amines is 1. The van der Waals surface area contributed by atoms with Gasteiger partial charge in [-0.05, 0) is 62.5 Å². The number of aromatic carboxylic acids is 1. The van der Waals surface area contributed by atoms with E-state index in [9.17, 15) is 9.90 Å². The Morgan fingerprint density at radius 1 is 1.19 bits per heavy atom. The highest BCUT2D eigenvalue weighted by atomic mass is 16.5. The van der Waals surface area contributed by atoms with Gasteiger partial charge in [-0.15, -0.1) is 0 Å². The zero-order valence-electron chi connectivity index (χ0n) is 18.1. The lowest BCUT2D eigenvalue weighted by Crippen LogP contribution is -2.34. The van der Waals surface area contributed by atoms with Crippen molar-refractivity contribution in [3.8, 4) is 5.75 Å². The second-order valence-electron chi connectivity index (χ2n) is 8.37. The van der Waals surface area contributed by atoms with E-state index in [1.165, 1.54) is 18.4 Å². The number of nitrogens with one attached hydrogen (secondary N) is 2. The zero-order valence-corrected chi connectivity index (χ0v) is 18.1. The Bertz CT molecular complexity index is 1010. The van der Waals surface area contributed by atoms with Crippen LogP contribution in [0, 0.1) is 5.92 Å². The molecule has 0 unspecified atom stereocenters. The lowest BCUT2D eigenvalue weighted by Gasteiger charge is -2.32. The molecule has 6 nitrogen and oxygen atoms in total. The average molecular weight is 422 g/mol. The quantitative estimate of drug-likeness (QED) is 0.450. The van der Waals surface area contributed by atoms with Gasteiger partial charge in [0.2, 0.25) is 0 Å². The van der Waals surface area contributed by atoms with Crippen LogP contribution in [0.2, 0.25) is 0 Å². The van der Waals surface area contributed by atoms with E-state index >= 15 is 0 Å². The van der Waals surface area contributed by atoms with Crippen LogP contribution < -0.4 is 10.1 Å². The molecule has 1 aliphatic rings. The summed E-state index contributed by atoms with van der Waals surface area (Å²) in [6, 6.07) is 16.3. The number of piperidine rings is 1. The number of H-pyrrole nitrogens is 1. The van der Waals surface area contributed by atoms with Gasteiger partial charge in [0.1, 0.15) is 11.4 Å². The summed E-state index contributed by atoms with van der Waals surface area (Å²) in [5, 5.41) is 14.0. The average Bonchev–Trinajstić information content (AvgIpc) is 3.16. The number of likely N-dealkylation sites (tertiary alicyclic amines) is 1. The van der Waals surface area contributed by atoms with Gasteiger partial charge in [-0.3, -0.25) is 4.90 Å². The molecule has 0 amide bonds. The summed E-state index contributed by atoms with van der Waals surface area (Å²) in [5.74, 6) is 0.507. The van der Waals surface area contributed by atoms with Crippen LogP contribution >= 0.6 is 0 Å². The van der Waals surface area contributed by atoms with Crippen molar-refractivity contribution >= 4 is 16.9 Å². The van der Waals surface area contributed by atoms with Gasteiger partial charge in [-0.2, -0.15) is 0 Å². The second-order valence-corrected chi connectivity index (χ2v) is 8.37. The van der Waals surface area contributed by atoms with Crippen LogP contribution in [0.4, 0.5) is 0 Å². The third-order valence-electron chi connectivity index (χ3n) is 6.31. The van der Waals surface area contributed by atoms with E-state index < -0.39 is 5.97 Å². The molecule has 0 atom stereocenters. The number of rotatable bonds is 9. The smallest absolute Gasteiger partial charge is 0.352 e. The molecule has 0 saturated carbocycles. The van der Waals surface area contributed by atoms with Gasteiger partial charge in [0.05, 0.1) is 12.6 Å². The Morgan fingerprint density at radius 2 is 1.97 bits per heavy atom. The van der Waals surface area contributed by atoms with Crippen LogP contribution in [-0.2, 0) is 13.1 Å². The molecular weight excluding hydrogens is 390 g/mol. The van der Waals surface area contributed by atoms with E-state index in [-0.39, 0.29) is 5.69 Å². The van der Waals surface area contributed by atoms with E-state index in [4.69, 9.17) is 4.74 Å². The summed E-state index contributed by atoms with van der Waals surface area (Å²) in [6.07, 6.45) is 3.57. The van der Waals surface area contributed by atoms with Crippen LogP contribution in [0.1, 0.15) is 40.9 Å². The molecule has 1 fully saturated rings. The van der Waals surface area contributed by atoms with Crippen molar-refractivity contribution < 1.29 is 14.6 Å². The largest absolute Gasteiger partial charge is 0.497 e. The fraction of sp³-hybridized carbons (Fsp3) is 0.400. The summed E-state index contributed by atoms with van der Waals surface area (Å²) >= 11 is 0. The van der Waals surface area contributed by atoms with Crippen molar-refractivity contribution in [2.45, 2.75) is 32.4 Å². The van der Waals surface area contributed by atoms with E-state index in [0.717, 1.165) is 55.0 Å². The molecule has 31 heavy (non-hydrogen) atoms. The number of hydrogen-bond donors (Lipinski definition) is 3. The molecule has 3 N–H and O–H groups in total. The van der Waals surface area contributed by atoms with Crippen molar-refractivity contribution in [3.63, 3.8) is 0 Å². The van der Waals surface area contributed by atoms with E-state index in [1.54, 1.807) is 7.11 Å². The third-order valence-corrected chi connectivity index (χ3v) is 6.31. The lowest BCUT2D eigenvalue weighted by atomic mass is 9.93. The molecule has 2 heterocycles. The van der Waals surface area contributed by atoms with Crippen molar-refractivity contribution in [3.05, 3.63) is 65.4 Å². The molecule has 1 saturated heterocycles. The highest BCUT2D eigenvalue weighted by Crippen LogP contribution is 2.27. The predicted molar refractivity (Wildman–Crippen MR) is 123 cm³/mol. The van der Waals surface area contributed by atoms with E-state index in [0.29, 0.717) is 12.3 Å². The van der Waals surface area contributed by atoms with Gasteiger partial charge in [0.15, 0.2) is 0 Å². The first-order valence-electron chi connectivity index (χ1n) is 11.0. The molecule has 0 spiro atoms. The maximum absolute atomic E-state index is 11.7. The summed E-state index contributed by atoms with van der Waals surface area (Å²) in [7, 11) is 1.61. The monoisotopic (exact) mass is 421 g/mol. The summed E-state index contributed by atoms with van der Waals surface area (Å²) in [6.45, 7) is 4.77. The molecule has 0 radical (unpaired) electrons. The topological polar surface area (TPSA) is 77.6 Å². The van der Waals surface area contributed by atoms with Gasteiger partial charge in [0, 0.05) is 30.1 Å². The molecule has 2 aromatic carbocycles. The standard InChI is InChI=1S/C25H31N3O3/c1-31-20-7-8-21-22(24(25(29)30)27-23(21)15-20)16-26-12-9-18-10-13-28(14-11-18)17-19-5-3-2-4-6-19/h2-8,15,18,26-27H,9-14,16-17H2,1H3,(H,29,30). The molecule has 0 bridgehead atoms. The first-order chi connectivity index (χ1) is 15.1. The summed E-state index contributed by atoms with van der Waals surface area (Å²) in [4.78, 5) is 17.3. The number of carboxylic acid groups (broad SMARTS) is 1. The Hall–Kier alpha value is -2.83. The Labute approximate surface area is 183 Å². The summed E-state index contributed by atoms with van der Waals surface area (Å²) < 4.78 is 5.25. The van der Waals surface area contributed by atoms with Gasteiger partial charge in [-0.25, -0.2) is 4.79 Å². The van der Waals surface area contributed by atoms with Crippen LogP contribution in [0.5, 0.6) is 5.75 Å². The van der Waals surface area contributed by atoms with Crippen LogP contribution in [0.3, 0.4) is 0 Å². The number of carboxylic acids is 1. The number of methoxy groups -OCH3 is 1. The minimum atomic E-state index is -0.933. The number of benzene rings is 2. The molecule has 1 aromatic heterocycles. The van der Waals surface area contributed by atoms with Crippen molar-refractivity contribution in [2.24, 2.45) is 5.92 Å². The number of aromatic nitrogens is 1. The fourth-order valence-electron chi connectivity index (χ4n) is 4.52.